The quantitative estimate of drug-likeness (QED) is 0.187. The Balaban J connectivity index is 1.30. The maximum absolute atomic E-state index is 15.9. The fraction of sp³-hybridized carbons (Fsp3) is 0.351. The Bertz CT molecular complexity index is 1820. The van der Waals surface area contributed by atoms with Gasteiger partial charge in [-0.1, -0.05) is 41.9 Å². The number of fused-ring (bicyclic) bond motifs is 2. The number of pyridine rings is 2. The maximum atomic E-state index is 15.9. The van der Waals surface area contributed by atoms with Crippen molar-refractivity contribution in [3.63, 3.8) is 0 Å². The summed E-state index contributed by atoms with van der Waals surface area (Å²) < 4.78 is 38.1. The van der Waals surface area contributed by atoms with E-state index in [4.69, 9.17) is 35.5 Å². The van der Waals surface area contributed by atoms with Gasteiger partial charge in [0.05, 0.1) is 26.0 Å². The Morgan fingerprint density at radius 3 is 2.16 bits per heavy atom. The largest absolute Gasteiger partial charge is 0.497 e. The van der Waals surface area contributed by atoms with Crippen LogP contribution in [0.25, 0.3) is 11.4 Å². The second kappa shape index (κ2) is 14.4. The summed E-state index contributed by atoms with van der Waals surface area (Å²) in [6.07, 6.45) is -0.487. The normalized spacial score (nSPS) is 15.7. The van der Waals surface area contributed by atoms with Gasteiger partial charge in [-0.05, 0) is 68.3 Å². The third-order valence-electron chi connectivity index (χ3n) is 8.45. The van der Waals surface area contributed by atoms with E-state index in [0.29, 0.717) is 24.6 Å². The molecular weight excluding hydrogens is 665 g/mol. The van der Waals surface area contributed by atoms with Crippen LogP contribution in [0.5, 0.6) is 17.2 Å². The summed E-state index contributed by atoms with van der Waals surface area (Å²) in [5, 5.41) is -0.0277. The molecule has 0 bridgehead atoms. The fourth-order valence-corrected chi connectivity index (χ4v) is 6.23. The number of aromatic nitrogens is 2. The van der Waals surface area contributed by atoms with Gasteiger partial charge in [0.25, 0.3) is 5.91 Å². The van der Waals surface area contributed by atoms with Crippen molar-refractivity contribution in [2.75, 3.05) is 45.4 Å². The second-order valence-electron chi connectivity index (χ2n) is 13.1. The van der Waals surface area contributed by atoms with Crippen molar-refractivity contribution in [1.29, 1.82) is 0 Å². The molecule has 0 saturated carbocycles. The minimum atomic E-state index is -1.01. The third-order valence-corrected chi connectivity index (χ3v) is 8.80. The van der Waals surface area contributed by atoms with Crippen LogP contribution in [0.1, 0.15) is 42.3 Å². The number of nitrogens with zero attached hydrogens (tertiary/aromatic N) is 5. The molecule has 0 unspecified atom stereocenters. The first-order chi connectivity index (χ1) is 23.9. The Morgan fingerprint density at radius 2 is 1.58 bits per heavy atom. The molecule has 2 amide bonds. The van der Waals surface area contributed by atoms with Crippen LogP contribution in [0.15, 0.2) is 66.7 Å². The maximum Gasteiger partial charge on any atom is 0.410 e. The van der Waals surface area contributed by atoms with Gasteiger partial charge in [-0.2, -0.15) is 4.39 Å². The van der Waals surface area contributed by atoms with Gasteiger partial charge in [-0.3, -0.25) is 4.79 Å². The number of ether oxygens (including phenoxy) is 4. The van der Waals surface area contributed by atoms with E-state index >= 15 is 4.39 Å². The van der Waals surface area contributed by atoms with Gasteiger partial charge in [0.15, 0.2) is 5.75 Å². The number of benzene rings is 2. The molecule has 2 aliphatic heterocycles. The Kier molecular flexibility index (Phi) is 10.0. The molecular formula is C37H39ClFN5O6. The van der Waals surface area contributed by atoms with Crippen molar-refractivity contribution >= 4 is 29.4 Å². The van der Waals surface area contributed by atoms with E-state index in [2.05, 4.69) is 9.88 Å². The molecule has 0 aliphatic carbocycles. The molecule has 11 nitrogen and oxygen atoms in total. The van der Waals surface area contributed by atoms with Gasteiger partial charge in [-0.25, -0.2) is 14.8 Å². The van der Waals surface area contributed by atoms with Crippen molar-refractivity contribution in [2.24, 2.45) is 0 Å². The van der Waals surface area contributed by atoms with Crippen LogP contribution in [-0.4, -0.2) is 83.9 Å². The molecule has 1 fully saturated rings. The molecule has 13 heteroatoms. The first-order valence-electron chi connectivity index (χ1n) is 16.2. The SMILES string of the molecule is COc1ccc(CN(Cc2ccc(OC)cc2)c2cccc(-c3nc(F)c4c(c3Cl)OC[C@H]3CN(C(=O)OC(C)(C)C)CCN3C4=O)n2)cc1. The summed E-state index contributed by atoms with van der Waals surface area (Å²) >= 11 is 6.88. The van der Waals surface area contributed by atoms with Crippen LogP contribution in [0, 0.1) is 5.95 Å². The molecule has 262 valence electrons. The van der Waals surface area contributed by atoms with E-state index < -0.39 is 29.6 Å². The molecule has 1 atom stereocenters. The van der Waals surface area contributed by atoms with E-state index in [1.54, 1.807) is 47.1 Å². The van der Waals surface area contributed by atoms with Crippen molar-refractivity contribution in [3.8, 4) is 28.6 Å². The zero-order chi connectivity index (χ0) is 35.6. The van der Waals surface area contributed by atoms with Gasteiger partial charge in [0, 0.05) is 32.7 Å². The summed E-state index contributed by atoms with van der Waals surface area (Å²) in [4.78, 5) is 40.6. The number of carbonyl (C=O) groups excluding carboxylic acids is 2. The smallest absolute Gasteiger partial charge is 0.410 e. The minimum Gasteiger partial charge on any atom is -0.497 e. The number of rotatable bonds is 8. The number of hydrogen-bond acceptors (Lipinski definition) is 9. The molecule has 4 aromatic rings. The number of halogens is 2. The average molecular weight is 704 g/mol. The molecule has 2 aromatic heterocycles. The number of methoxy groups -OCH3 is 2. The fourth-order valence-electron chi connectivity index (χ4n) is 5.94. The molecule has 0 N–H and O–H groups in total. The van der Waals surface area contributed by atoms with E-state index in [9.17, 15) is 9.59 Å². The number of amides is 2. The molecule has 2 aliphatic rings. The Hall–Kier alpha value is -5.10. The van der Waals surface area contributed by atoms with Crippen molar-refractivity contribution < 1.29 is 32.9 Å². The predicted molar refractivity (Wildman–Crippen MR) is 186 cm³/mol. The van der Waals surface area contributed by atoms with Gasteiger partial charge in [-0.15, -0.1) is 0 Å². The number of piperazine rings is 1. The number of hydrogen-bond donors (Lipinski definition) is 0. The number of anilines is 1. The Labute approximate surface area is 295 Å². The van der Waals surface area contributed by atoms with Crippen molar-refractivity contribution in [1.82, 2.24) is 19.8 Å². The molecule has 0 radical (unpaired) electrons. The lowest BCUT2D eigenvalue weighted by Crippen LogP contribution is -2.58. The summed E-state index contributed by atoms with van der Waals surface area (Å²) in [5.74, 6) is 0.380. The highest BCUT2D eigenvalue weighted by molar-refractivity contribution is 6.35. The highest BCUT2D eigenvalue weighted by Gasteiger charge is 2.41. The van der Waals surface area contributed by atoms with E-state index in [0.717, 1.165) is 22.6 Å². The first kappa shape index (κ1) is 34.8. The lowest BCUT2D eigenvalue weighted by molar-refractivity contribution is 0.000891. The first-order valence-corrected chi connectivity index (χ1v) is 16.6. The Morgan fingerprint density at radius 1 is 0.960 bits per heavy atom. The van der Waals surface area contributed by atoms with Crippen LogP contribution in [0.2, 0.25) is 5.02 Å². The molecule has 2 aromatic carbocycles. The highest BCUT2D eigenvalue weighted by atomic mass is 35.5. The average Bonchev–Trinajstić information content (AvgIpc) is 3.25. The van der Waals surface area contributed by atoms with Gasteiger partial charge in [0.1, 0.15) is 45.8 Å². The standard InChI is InChI=1S/C37H39ClFN5O6/c1-37(2,3)50-36(46)42-17-18-44-25(21-42)22-49-33-30(35(44)45)34(39)41-32(31(33)38)28-7-6-8-29(40-28)43(19-23-9-13-26(47-4)14-10-23)20-24-11-15-27(48-5)16-12-24/h6-16,25H,17-22H2,1-5H3/t25-/m1/s1. The molecule has 4 heterocycles. The van der Waals surface area contributed by atoms with E-state index in [1.807, 2.05) is 54.6 Å². The summed E-state index contributed by atoms with van der Waals surface area (Å²) in [7, 11) is 3.24. The highest BCUT2D eigenvalue weighted by Crippen LogP contribution is 2.40. The van der Waals surface area contributed by atoms with Gasteiger partial charge >= 0.3 is 6.09 Å². The summed E-state index contributed by atoms with van der Waals surface area (Å²) in [6, 6.07) is 20.3. The zero-order valence-corrected chi connectivity index (χ0v) is 29.4. The van der Waals surface area contributed by atoms with Gasteiger partial charge < -0.3 is 33.6 Å². The van der Waals surface area contributed by atoms with Crippen LogP contribution in [0.4, 0.5) is 15.0 Å². The van der Waals surface area contributed by atoms with Crippen LogP contribution < -0.4 is 19.1 Å². The van der Waals surface area contributed by atoms with Crippen molar-refractivity contribution in [2.45, 2.75) is 45.5 Å². The topological polar surface area (TPSA) is 107 Å². The van der Waals surface area contributed by atoms with Gasteiger partial charge in [0.2, 0.25) is 5.95 Å². The number of carbonyl (C=O) groups is 2. The van der Waals surface area contributed by atoms with Crippen LogP contribution in [-0.2, 0) is 17.8 Å². The van der Waals surface area contributed by atoms with E-state index in [-0.39, 0.29) is 48.3 Å². The molecule has 1 saturated heterocycles. The summed E-state index contributed by atoms with van der Waals surface area (Å²) in [6.45, 7) is 6.92. The monoisotopic (exact) mass is 703 g/mol. The summed E-state index contributed by atoms with van der Waals surface area (Å²) in [5.41, 5.74) is 1.37. The van der Waals surface area contributed by atoms with E-state index in [1.165, 1.54) is 9.80 Å². The zero-order valence-electron chi connectivity index (χ0n) is 28.6. The van der Waals surface area contributed by atoms with Crippen LogP contribution in [0.3, 0.4) is 0 Å². The van der Waals surface area contributed by atoms with Crippen molar-refractivity contribution in [3.05, 3.63) is 94.4 Å². The third kappa shape index (κ3) is 7.55. The molecule has 6 rings (SSSR count). The van der Waals surface area contributed by atoms with Crippen LogP contribution >= 0.6 is 11.6 Å². The minimum absolute atomic E-state index is 0.00831. The molecule has 0 spiro atoms. The molecule has 50 heavy (non-hydrogen) atoms. The predicted octanol–water partition coefficient (Wildman–Crippen LogP) is 6.61. The lowest BCUT2D eigenvalue weighted by atomic mass is 10.1. The second-order valence-corrected chi connectivity index (χ2v) is 13.5. The lowest BCUT2D eigenvalue weighted by Gasteiger charge is -2.40.